The predicted octanol–water partition coefficient (Wildman–Crippen LogP) is 2.50. The van der Waals surface area contributed by atoms with E-state index in [4.69, 9.17) is 4.74 Å². The number of hydrogen-bond donors (Lipinski definition) is 0. The average Bonchev–Trinajstić information content (AvgIpc) is 2.89. The number of nitrogens with zero attached hydrogens (tertiary/aromatic N) is 3. The highest BCUT2D eigenvalue weighted by atomic mass is 16.5. The lowest BCUT2D eigenvalue weighted by Gasteiger charge is -2.33. The Morgan fingerprint density at radius 2 is 1.50 bits per heavy atom. The average molecular weight is 363 g/mol. The third kappa shape index (κ3) is 3.61. The van der Waals surface area contributed by atoms with Crippen molar-refractivity contribution < 1.29 is 19.1 Å². The van der Waals surface area contributed by atoms with Crippen LogP contribution in [0.3, 0.4) is 0 Å². The molecular weight excluding hydrogens is 334 g/mol. The molecule has 0 saturated carbocycles. The fourth-order valence-electron chi connectivity index (χ4n) is 3.27. The Balaban J connectivity index is 2.37. The van der Waals surface area contributed by atoms with Crippen LogP contribution in [0.15, 0.2) is 23.6 Å². The normalized spacial score (nSPS) is 21.7. The first-order valence-corrected chi connectivity index (χ1v) is 9.28. The SMILES string of the molecule is CCCN1C(=O)C(=C/C=C2/OCC(C)(C)N2CC)C(=O)N(CCC)C1=O. The Labute approximate surface area is 155 Å². The van der Waals surface area contributed by atoms with E-state index in [1.54, 1.807) is 6.08 Å². The molecule has 0 bridgehead atoms. The molecule has 0 N–H and O–H groups in total. The predicted molar refractivity (Wildman–Crippen MR) is 98.0 cm³/mol. The van der Waals surface area contributed by atoms with Crippen molar-refractivity contribution in [1.29, 1.82) is 0 Å². The molecule has 2 fully saturated rings. The zero-order chi connectivity index (χ0) is 19.5. The topological polar surface area (TPSA) is 70.2 Å². The minimum atomic E-state index is -0.536. The number of allylic oxidation sites excluding steroid dienone is 2. The number of imide groups is 2. The van der Waals surface area contributed by atoms with Crippen LogP contribution in [0, 0.1) is 0 Å². The van der Waals surface area contributed by atoms with Crippen molar-refractivity contribution in [2.75, 3.05) is 26.2 Å². The van der Waals surface area contributed by atoms with Crippen molar-refractivity contribution in [3.8, 4) is 0 Å². The van der Waals surface area contributed by atoms with Gasteiger partial charge in [-0.3, -0.25) is 19.4 Å². The van der Waals surface area contributed by atoms with E-state index in [9.17, 15) is 14.4 Å². The number of hydrogen-bond acceptors (Lipinski definition) is 5. The Morgan fingerprint density at radius 1 is 0.962 bits per heavy atom. The van der Waals surface area contributed by atoms with Gasteiger partial charge in [-0.15, -0.1) is 0 Å². The maximum atomic E-state index is 12.7. The molecular formula is C19H29N3O4. The van der Waals surface area contributed by atoms with Crippen LogP contribution in [0.4, 0.5) is 4.79 Å². The third-order valence-electron chi connectivity index (χ3n) is 4.59. The summed E-state index contributed by atoms with van der Waals surface area (Å²) in [4.78, 5) is 42.2. The number of urea groups is 1. The van der Waals surface area contributed by atoms with Crippen molar-refractivity contribution in [1.82, 2.24) is 14.7 Å². The van der Waals surface area contributed by atoms with Gasteiger partial charge in [0, 0.05) is 19.6 Å². The zero-order valence-electron chi connectivity index (χ0n) is 16.4. The fourth-order valence-corrected chi connectivity index (χ4v) is 3.27. The second kappa shape index (κ2) is 7.93. The number of ether oxygens (including phenoxy) is 1. The summed E-state index contributed by atoms with van der Waals surface area (Å²) in [6, 6.07) is -0.526. The quantitative estimate of drug-likeness (QED) is 0.536. The third-order valence-corrected chi connectivity index (χ3v) is 4.59. The summed E-state index contributed by atoms with van der Waals surface area (Å²) in [6.45, 7) is 11.8. The summed E-state index contributed by atoms with van der Waals surface area (Å²) in [6.07, 6.45) is 4.43. The van der Waals surface area contributed by atoms with Gasteiger partial charge in [0.2, 0.25) is 0 Å². The van der Waals surface area contributed by atoms with Crippen molar-refractivity contribution >= 4 is 17.8 Å². The molecule has 4 amide bonds. The number of likely N-dealkylation sites (N-methyl/N-ethyl adjacent to an activating group) is 1. The monoisotopic (exact) mass is 363 g/mol. The van der Waals surface area contributed by atoms with Crippen LogP contribution >= 0.6 is 0 Å². The smallest absolute Gasteiger partial charge is 0.333 e. The highest BCUT2D eigenvalue weighted by molar-refractivity contribution is 6.28. The van der Waals surface area contributed by atoms with Crippen molar-refractivity contribution in [3.63, 3.8) is 0 Å². The summed E-state index contributed by atoms with van der Waals surface area (Å²) in [5, 5.41) is 0. The highest BCUT2D eigenvalue weighted by Crippen LogP contribution is 2.29. The van der Waals surface area contributed by atoms with Crippen LogP contribution in [0.25, 0.3) is 0 Å². The Morgan fingerprint density at radius 3 is 1.96 bits per heavy atom. The standard InChI is InChI=1S/C19H29N3O4/c1-6-11-20-16(23)14(17(24)21(12-7-2)18(20)25)9-10-15-22(8-3)19(4,5)13-26-15/h9-10H,6-8,11-13H2,1-5H3/b15-10+. The minimum Gasteiger partial charge on any atom is -0.477 e. The van der Waals surface area contributed by atoms with Gasteiger partial charge < -0.3 is 9.64 Å². The first-order valence-electron chi connectivity index (χ1n) is 9.28. The van der Waals surface area contributed by atoms with Crippen LogP contribution in [-0.2, 0) is 14.3 Å². The molecule has 0 aromatic heterocycles. The van der Waals surface area contributed by atoms with Gasteiger partial charge in [-0.25, -0.2) is 4.79 Å². The van der Waals surface area contributed by atoms with Crippen molar-refractivity contribution in [3.05, 3.63) is 23.6 Å². The molecule has 2 heterocycles. The summed E-state index contributed by atoms with van der Waals surface area (Å²) >= 11 is 0. The van der Waals surface area contributed by atoms with E-state index in [1.165, 1.54) is 6.08 Å². The van der Waals surface area contributed by atoms with Crippen LogP contribution in [0.5, 0.6) is 0 Å². The Bertz CT molecular complexity index is 621. The molecule has 0 unspecified atom stereocenters. The number of rotatable bonds is 6. The van der Waals surface area contributed by atoms with E-state index in [-0.39, 0.29) is 11.1 Å². The van der Waals surface area contributed by atoms with E-state index >= 15 is 0 Å². The van der Waals surface area contributed by atoms with Gasteiger partial charge in [0.15, 0.2) is 5.88 Å². The largest absolute Gasteiger partial charge is 0.477 e. The Hall–Kier alpha value is -2.31. The van der Waals surface area contributed by atoms with Crippen LogP contribution in [0.2, 0.25) is 0 Å². The summed E-state index contributed by atoms with van der Waals surface area (Å²) < 4.78 is 5.73. The molecule has 2 aliphatic rings. The van der Waals surface area contributed by atoms with Gasteiger partial charge in [0.05, 0.1) is 5.54 Å². The second-order valence-corrected chi connectivity index (χ2v) is 7.13. The molecule has 7 heteroatoms. The minimum absolute atomic E-state index is 0.00311. The van der Waals surface area contributed by atoms with E-state index < -0.39 is 17.8 Å². The zero-order valence-corrected chi connectivity index (χ0v) is 16.4. The van der Waals surface area contributed by atoms with Gasteiger partial charge in [0.1, 0.15) is 12.2 Å². The molecule has 0 spiro atoms. The van der Waals surface area contributed by atoms with Crippen LogP contribution in [-0.4, -0.2) is 64.3 Å². The lowest BCUT2D eigenvalue weighted by molar-refractivity contribution is -0.135. The van der Waals surface area contributed by atoms with E-state index in [2.05, 4.69) is 18.7 Å². The van der Waals surface area contributed by atoms with Gasteiger partial charge in [-0.1, -0.05) is 13.8 Å². The highest BCUT2D eigenvalue weighted by Gasteiger charge is 2.41. The van der Waals surface area contributed by atoms with Crippen molar-refractivity contribution in [2.24, 2.45) is 0 Å². The maximum Gasteiger partial charge on any atom is 0.333 e. The van der Waals surface area contributed by atoms with Crippen LogP contribution < -0.4 is 0 Å². The Kier molecular flexibility index (Phi) is 6.10. The molecule has 2 aliphatic heterocycles. The van der Waals surface area contributed by atoms with E-state index in [1.807, 2.05) is 20.8 Å². The maximum absolute atomic E-state index is 12.7. The molecule has 2 saturated heterocycles. The molecule has 0 radical (unpaired) electrons. The molecule has 144 valence electrons. The molecule has 0 atom stereocenters. The molecule has 2 rings (SSSR count). The lowest BCUT2D eigenvalue weighted by atomic mass is 10.1. The number of carbonyl (C=O) groups is 3. The first kappa shape index (κ1) is 20.0. The van der Waals surface area contributed by atoms with Crippen LogP contribution in [0.1, 0.15) is 47.5 Å². The van der Waals surface area contributed by atoms with Gasteiger partial charge >= 0.3 is 6.03 Å². The number of barbiturate groups is 1. The van der Waals surface area contributed by atoms with Gasteiger partial charge in [-0.2, -0.15) is 0 Å². The summed E-state index contributed by atoms with van der Waals surface area (Å²) in [5.74, 6) is -0.440. The number of amides is 4. The van der Waals surface area contributed by atoms with E-state index in [0.29, 0.717) is 38.4 Å². The second-order valence-electron chi connectivity index (χ2n) is 7.13. The first-order chi connectivity index (χ1) is 12.3. The number of carbonyl (C=O) groups excluding carboxylic acids is 3. The fraction of sp³-hybridized carbons (Fsp3) is 0.632. The molecule has 26 heavy (non-hydrogen) atoms. The summed E-state index contributed by atoms with van der Waals surface area (Å²) in [5.41, 5.74) is -0.138. The van der Waals surface area contributed by atoms with Gasteiger partial charge in [0.25, 0.3) is 11.8 Å². The molecule has 0 aromatic rings. The van der Waals surface area contributed by atoms with Crippen molar-refractivity contribution in [2.45, 2.75) is 53.0 Å². The van der Waals surface area contributed by atoms with Gasteiger partial charge in [-0.05, 0) is 45.8 Å². The molecule has 0 aromatic carbocycles. The van der Waals surface area contributed by atoms with E-state index in [0.717, 1.165) is 16.3 Å². The molecule has 0 aliphatic carbocycles. The summed E-state index contributed by atoms with van der Waals surface area (Å²) in [7, 11) is 0. The lowest BCUT2D eigenvalue weighted by Crippen LogP contribution is -2.56. The molecule has 7 nitrogen and oxygen atoms in total.